The minimum absolute atomic E-state index is 0.0365. The lowest BCUT2D eigenvalue weighted by Crippen LogP contribution is -2.14. The van der Waals surface area contributed by atoms with Crippen LogP contribution in [-0.2, 0) is 6.42 Å². The molecule has 0 aliphatic heterocycles. The van der Waals surface area contributed by atoms with E-state index in [2.05, 4.69) is 22.1 Å². The Balaban J connectivity index is 1.75. The molecule has 0 bridgehead atoms. The lowest BCUT2D eigenvalue weighted by atomic mass is 10.1. The van der Waals surface area contributed by atoms with Crippen molar-refractivity contribution in [1.82, 2.24) is 14.5 Å². The van der Waals surface area contributed by atoms with E-state index in [-0.39, 0.29) is 12.6 Å². The molecule has 2 aromatic heterocycles. The summed E-state index contributed by atoms with van der Waals surface area (Å²) in [4.78, 5) is 8.65. The highest BCUT2D eigenvalue weighted by molar-refractivity contribution is 6.00. The summed E-state index contributed by atoms with van der Waals surface area (Å²) < 4.78 is 2.04. The third-order valence-corrected chi connectivity index (χ3v) is 4.94. The molecule has 4 aromatic rings. The summed E-state index contributed by atoms with van der Waals surface area (Å²) >= 11 is 0. The van der Waals surface area contributed by atoms with Crippen molar-refractivity contribution in [2.75, 3.05) is 12.3 Å². The predicted molar refractivity (Wildman–Crippen MR) is 108 cm³/mol. The molecule has 1 atom stereocenters. The second kappa shape index (κ2) is 7.60. The second-order valence-corrected chi connectivity index (χ2v) is 6.63. The van der Waals surface area contributed by atoms with Gasteiger partial charge in [-0.2, -0.15) is 0 Å². The number of aryl methyl sites for hydroxylation is 1. The number of aliphatic hydroxyl groups is 1. The maximum atomic E-state index is 10.1. The minimum Gasteiger partial charge on any atom is -0.394 e. The zero-order chi connectivity index (χ0) is 18.6. The quantitative estimate of drug-likeness (QED) is 0.549. The fourth-order valence-electron chi connectivity index (χ4n) is 3.52. The first-order valence-electron chi connectivity index (χ1n) is 9.09. The van der Waals surface area contributed by atoms with Gasteiger partial charge in [-0.25, -0.2) is 9.97 Å². The summed E-state index contributed by atoms with van der Waals surface area (Å²) in [6, 6.07) is 20.3. The van der Waals surface area contributed by atoms with Gasteiger partial charge in [0.05, 0.1) is 18.0 Å². The van der Waals surface area contributed by atoms with Crippen LogP contribution in [0.1, 0.15) is 18.0 Å². The lowest BCUT2D eigenvalue weighted by Gasteiger charge is -2.17. The van der Waals surface area contributed by atoms with Gasteiger partial charge in [-0.3, -0.25) is 0 Å². The lowest BCUT2D eigenvalue weighted by molar-refractivity contribution is 0.223. The summed E-state index contributed by atoms with van der Waals surface area (Å²) in [6.07, 6.45) is 5.21. The fourth-order valence-corrected chi connectivity index (χ4v) is 3.52. The molecule has 0 saturated heterocycles. The number of aromatic nitrogens is 3. The number of fused-ring (bicyclic) bond motifs is 1. The van der Waals surface area contributed by atoms with Crippen LogP contribution in [0, 0.1) is 0 Å². The molecule has 0 spiro atoms. The van der Waals surface area contributed by atoms with Crippen molar-refractivity contribution >= 4 is 16.9 Å². The molecule has 0 unspecified atom stereocenters. The molecule has 0 aliphatic carbocycles. The topological polar surface area (TPSA) is 77.0 Å². The van der Waals surface area contributed by atoms with E-state index >= 15 is 0 Å². The van der Waals surface area contributed by atoms with Crippen molar-refractivity contribution in [2.24, 2.45) is 0 Å². The molecule has 3 N–H and O–H groups in total. The molecule has 0 radical (unpaired) electrons. The normalized spacial score (nSPS) is 12.3. The number of benzene rings is 2. The van der Waals surface area contributed by atoms with E-state index in [0.29, 0.717) is 5.82 Å². The molecule has 2 heterocycles. The Morgan fingerprint density at radius 1 is 0.963 bits per heavy atom. The van der Waals surface area contributed by atoms with Crippen LogP contribution in [-0.4, -0.2) is 26.2 Å². The maximum Gasteiger partial charge on any atom is 0.146 e. The van der Waals surface area contributed by atoms with Gasteiger partial charge in [0, 0.05) is 11.8 Å². The molecule has 0 saturated carbocycles. The van der Waals surface area contributed by atoms with E-state index in [1.54, 1.807) is 0 Å². The largest absolute Gasteiger partial charge is 0.394 e. The minimum atomic E-state index is -0.0838. The van der Waals surface area contributed by atoms with Crippen LogP contribution < -0.4 is 5.73 Å². The SMILES string of the molecule is Nc1ncnc2c1c(-c1ccccc1)cn2[C@H](CO)CCc1ccccc1. The van der Waals surface area contributed by atoms with Crippen LogP contribution in [0.3, 0.4) is 0 Å². The van der Waals surface area contributed by atoms with Gasteiger partial charge in [0.1, 0.15) is 17.8 Å². The highest BCUT2D eigenvalue weighted by Gasteiger charge is 2.19. The van der Waals surface area contributed by atoms with E-state index in [1.807, 2.05) is 59.3 Å². The summed E-state index contributed by atoms with van der Waals surface area (Å²) in [7, 11) is 0. The molecule has 136 valence electrons. The number of hydrogen-bond acceptors (Lipinski definition) is 4. The third kappa shape index (κ3) is 3.41. The van der Waals surface area contributed by atoms with Crippen LogP contribution in [0.2, 0.25) is 0 Å². The molecule has 27 heavy (non-hydrogen) atoms. The van der Waals surface area contributed by atoms with E-state index in [4.69, 9.17) is 5.73 Å². The van der Waals surface area contributed by atoms with Crippen LogP contribution in [0.5, 0.6) is 0 Å². The summed E-state index contributed by atoms with van der Waals surface area (Å²) in [5.41, 5.74) is 10.2. The van der Waals surface area contributed by atoms with Crippen molar-refractivity contribution in [3.63, 3.8) is 0 Å². The Morgan fingerprint density at radius 2 is 1.67 bits per heavy atom. The first-order valence-corrected chi connectivity index (χ1v) is 9.09. The van der Waals surface area contributed by atoms with E-state index in [0.717, 1.165) is 35.0 Å². The Bertz CT molecular complexity index is 1030. The Morgan fingerprint density at radius 3 is 2.37 bits per heavy atom. The van der Waals surface area contributed by atoms with Gasteiger partial charge >= 0.3 is 0 Å². The number of aliphatic hydroxyl groups excluding tert-OH is 1. The van der Waals surface area contributed by atoms with Crippen molar-refractivity contribution in [3.05, 3.63) is 78.8 Å². The molecule has 5 nitrogen and oxygen atoms in total. The third-order valence-electron chi connectivity index (χ3n) is 4.94. The Hall–Kier alpha value is -3.18. The monoisotopic (exact) mass is 358 g/mol. The number of anilines is 1. The van der Waals surface area contributed by atoms with Crippen LogP contribution in [0.4, 0.5) is 5.82 Å². The van der Waals surface area contributed by atoms with Gasteiger partial charge in [-0.1, -0.05) is 60.7 Å². The molecular formula is C22H22N4O. The van der Waals surface area contributed by atoms with Gasteiger partial charge in [0.25, 0.3) is 0 Å². The van der Waals surface area contributed by atoms with E-state index < -0.39 is 0 Å². The van der Waals surface area contributed by atoms with Crippen molar-refractivity contribution in [1.29, 1.82) is 0 Å². The van der Waals surface area contributed by atoms with E-state index in [9.17, 15) is 5.11 Å². The van der Waals surface area contributed by atoms with Crippen LogP contribution in [0.25, 0.3) is 22.2 Å². The maximum absolute atomic E-state index is 10.1. The average Bonchev–Trinajstić information content (AvgIpc) is 3.11. The Kier molecular flexibility index (Phi) is 4.85. The molecular weight excluding hydrogens is 336 g/mol. The molecule has 5 heteroatoms. The summed E-state index contributed by atoms with van der Waals surface area (Å²) in [6.45, 7) is 0.0365. The molecule has 0 amide bonds. The molecule has 0 aliphatic rings. The number of hydrogen-bond donors (Lipinski definition) is 2. The summed E-state index contributed by atoms with van der Waals surface area (Å²) in [5.74, 6) is 0.456. The van der Waals surface area contributed by atoms with Gasteiger partial charge in [0.2, 0.25) is 0 Å². The molecule has 0 fully saturated rings. The van der Waals surface area contributed by atoms with E-state index in [1.165, 1.54) is 11.9 Å². The van der Waals surface area contributed by atoms with Crippen molar-refractivity contribution < 1.29 is 5.11 Å². The molecule has 2 aromatic carbocycles. The highest BCUT2D eigenvalue weighted by atomic mass is 16.3. The fraction of sp³-hybridized carbons (Fsp3) is 0.182. The average molecular weight is 358 g/mol. The first kappa shape index (κ1) is 17.2. The zero-order valence-corrected chi connectivity index (χ0v) is 15.0. The first-order chi connectivity index (χ1) is 13.3. The standard InChI is InChI=1S/C22H22N4O/c23-21-20-19(17-9-5-2-6-10-17)13-26(22(20)25-15-24-21)18(14-27)12-11-16-7-3-1-4-8-16/h1-10,13,15,18,27H,11-12,14H2,(H2,23,24,25)/t18-/m0/s1. The number of nitrogens with two attached hydrogens (primary N) is 1. The second-order valence-electron chi connectivity index (χ2n) is 6.63. The van der Waals surface area contributed by atoms with Crippen molar-refractivity contribution in [3.8, 4) is 11.1 Å². The van der Waals surface area contributed by atoms with Crippen LogP contribution >= 0.6 is 0 Å². The van der Waals surface area contributed by atoms with Crippen LogP contribution in [0.15, 0.2) is 73.2 Å². The van der Waals surface area contributed by atoms with Gasteiger partial charge in [-0.05, 0) is 24.0 Å². The number of nitrogen functional groups attached to an aromatic ring is 1. The predicted octanol–water partition coefficient (Wildman–Crippen LogP) is 3.85. The number of nitrogens with zero attached hydrogens (tertiary/aromatic N) is 3. The zero-order valence-electron chi connectivity index (χ0n) is 15.0. The van der Waals surface area contributed by atoms with Gasteiger partial charge in [0.15, 0.2) is 0 Å². The number of rotatable bonds is 6. The van der Waals surface area contributed by atoms with Crippen molar-refractivity contribution in [2.45, 2.75) is 18.9 Å². The van der Waals surface area contributed by atoms with Gasteiger partial charge in [-0.15, -0.1) is 0 Å². The smallest absolute Gasteiger partial charge is 0.146 e. The highest BCUT2D eigenvalue weighted by Crippen LogP contribution is 2.34. The van der Waals surface area contributed by atoms with Gasteiger partial charge < -0.3 is 15.4 Å². The molecule has 4 rings (SSSR count). The summed E-state index contributed by atoms with van der Waals surface area (Å²) in [5, 5.41) is 10.9. The Labute approximate surface area is 158 Å².